The molecule has 1 unspecified atom stereocenters. The topological polar surface area (TPSA) is 29.9 Å². The molecule has 78 valence electrons. The molecule has 0 aromatic carbocycles. The minimum atomic E-state index is 0.126. The molecule has 0 saturated carbocycles. The maximum atomic E-state index is 4.54. The average Bonchev–Trinajstić information content (AvgIpc) is 2.71. The molecule has 1 aromatic heterocycles. The lowest BCUT2D eigenvalue weighted by atomic mass is 9.82. The summed E-state index contributed by atoms with van der Waals surface area (Å²) in [6.07, 6.45) is 4.50. The van der Waals surface area contributed by atoms with Crippen molar-refractivity contribution in [2.45, 2.75) is 32.2 Å². The molecule has 0 amide bonds. The predicted octanol–water partition coefficient (Wildman–Crippen LogP) is 1.65. The molecule has 1 aliphatic heterocycles. The normalized spacial score (nSPS) is 27.4. The molecule has 3 heteroatoms. The van der Waals surface area contributed by atoms with Gasteiger partial charge in [-0.05, 0) is 31.4 Å². The first-order valence-corrected chi connectivity index (χ1v) is 5.40. The molecule has 1 fully saturated rings. The van der Waals surface area contributed by atoms with Gasteiger partial charge in [-0.3, -0.25) is 4.68 Å². The van der Waals surface area contributed by atoms with Crippen LogP contribution < -0.4 is 5.32 Å². The maximum Gasteiger partial charge on any atom is 0.0827 e. The van der Waals surface area contributed by atoms with E-state index in [-0.39, 0.29) is 5.54 Å². The Balaban J connectivity index is 2.36. The fourth-order valence-corrected chi connectivity index (χ4v) is 2.43. The van der Waals surface area contributed by atoms with Crippen molar-refractivity contribution in [3.05, 3.63) is 18.0 Å². The van der Waals surface area contributed by atoms with E-state index in [0.717, 1.165) is 6.54 Å². The molecule has 2 heterocycles. The second-order valence-corrected chi connectivity index (χ2v) is 4.53. The van der Waals surface area contributed by atoms with Crippen LogP contribution >= 0.6 is 0 Å². The van der Waals surface area contributed by atoms with Crippen molar-refractivity contribution < 1.29 is 0 Å². The van der Waals surface area contributed by atoms with Crippen LogP contribution in [0.4, 0.5) is 0 Å². The first-order chi connectivity index (χ1) is 6.65. The van der Waals surface area contributed by atoms with Gasteiger partial charge in [0.2, 0.25) is 0 Å². The Kier molecular flexibility index (Phi) is 2.35. The molecule has 2 rings (SSSR count). The maximum absolute atomic E-state index is 4.54. The molecule has 1 aliphatic rings. The summed E-state index contributed by atoms with van der Waals surface area (Å²) in [4.78, 5) is 0. The molecule has 0 bridgehead atoms. The number of hydrogen-bond donors (Lipinski definition) is 1. The molecule has 3 nitrogen and oxygen atoms in total. The number of nitrogens with one attached hydrogen (secondary N) is 1. The Hall–Kier alpha value is -0.830. The minimum absolute atomic E-state index is 0.126. The zero-order valence-electron chi connectivity index (χ0n) is 9.25. The van der Waals surface area contributed by atoms with Crippen LogP contribution in [-0.4, -0.2) is 16.3 Å². The van der Waals surface area contributed by atoms with E-state index < -0.39 is 0 Å². The highest BCUT2D eigenvalue weighted by molar-refractivity contribution is 5.17. The largest absolute Gasteiger partial charge is 0.306 e. The Morgan fingerprint density at radius 2 is 2.36 bits per heavy atom. The van der Waals surface area contributed by atoms with Crippen molar-refractivity contribution in [2.24, 2.45) is 13.0 Å². The van der Waals surface area contributed by atoms with Gasteiger partial charge in [-0.15, -0.1) is 0 Å². The summed E-state index contributed by atoms with van der Waals surface area (Å²) >= 11 is 0. The van der Waals surface area contributed by atoms with E-state index in [9.17, 15) is 0 Å². The van der Waals surface area contributed by atoms with Crippen LogP contribution in [0.15, 0.2) is 12.3 Å². The molecule has 0 aliphatic carbocycles. The van der Waals surface area contributed by atoms with Crippen molar-refractivity contribution in [1.82, 2.24) is 15.1 Å². The van der Waals surface area contributed by atoms with E-state index >= 15 is 0 Å². The van der Waals surface area contributed by atoms with E-state index in [0.29, 0.717) is 5.92 Å². The van der Waals surface area contributed by atoms with E-state index in [1.165, 1.54) is 18.5 Å². The van der Waals surface area contributed by atoms with E-state index in [4.69, 9.17) is 0 Å². The molecular weight excluding hydrogens is 174 g/mol. The second kappa shape index (κ2) is 3.39. The van der Waals surface area contributed by atoms with Crippen LogP contribution in [0, 0.1) is 5.92 Å². The van der Waals surface area contributed by atoms with Gasteiger partial charge in [0.1, 0.15) is 0 Å². The SMILES string of the molecule is CC(C)C1(c2ccn(C)n2)CCCN1. The summed E-state index contributed by atoms with van der Waals surface area (Å²) in [6, 6.07) is 2.14. The molecule has 14 heavy (non-hydrogen) atoms. The Morgan fingerprint density at radius 3 is 2.79 bits per heavy atom. The summed E-state index contributed by atoms with van der Waals surface area (Å²) in [5, 5.41) is 8.16. The fourth-order valence-electron chi connectivity index (χ4n) is 2.43. The standard InChI is InChI=1S/C11H19N3/c1-9(2)11(6-4-7-12-11)10-5-8-14(3)13-10/h5,8-9,12H,4,6-7H2,1-3H3. The van der Waals surface area contributed by atoms with Crippen LogP contribution in [0.5, 0.6) is 0 Å². The van der Waals surface area contributed by atoms with Gasteiger partial charge in [0.15, 0.2) is 0 Å². The Bertz CT molecular complexity index is 308. The van der Waals surface area contributed by atoms with Crippen LogP contribution in [0.3, 0.4) is 0 Å². The summed E-state index contributed by atoms with van der Waals surface area (Å²) < 4.78 is 1.89. The van der Waals surface area contributed by atoms with Gasteiger partial charge >= 0.3 is 0 Å². The minimum Gasteiger partial charge on any atom is -0.306 e. The van der Waals surface area contributed by atoms with Gasteiger partial charge in [0, 0.05) is 13.2 Å². The highest BCUT2D eigenvalue weighted by atomic mass is 15.3. The van der Waals surface area contributed by atoms with Gasteiger partial charge in [0.25, 0.3) is 0 Å². The lowest BCUT2D eigenvalue weighted by Crippen LogP contribution is -2.42. The molecule has 0 radical (unpaired) electrons. The summed E-state index contributed by atoms with van der Waals surface area (Å²) in [7, 11) is 1.98. The highest BCUT2D eigenvalue weighted by Gasteiger charge is 2.39. The lowest BCUT2D eigenvalue weighted by molar-refractivity contribution is 0.267. The van der Waals surface area contributed by atoms with Gasteiger partial charge in [-0.1, -0.05) is 13.8 Å². The van der Waals surface area contributed by atoms with Gasteiger partial charge in [0.05, 0.1) is 11.2 Å². The first-order valence-electron chi connectivity index (χ1n) is 5.40. The van der Waals surface area contributed by atoms with Crippen LogP contribution in [0.25, 0.3) is 0 Å². The van der Waals surface area contributed by atoms with Crippen LogP contribution in [-0.2, 0) is 12.6 Å². The molecule has 1 aromatic rings. The van der Waals surface area contributed by atoms with Crippen molar-refractivity contribution in [3.8, 4) is 0 Å². The van der Waals surface area contributed by atoms with Gasteiger partial charge in [-0.2, -0.15) is 5.10 Å². The zero-order valence-corrected chi connectivity index (χ0v) is 9.25. The first kappa shape index (κ1) is 9.71. The lowest BCUT2D eigenvalue weighted by Gasteiger charge is -2.32. The molecular formula is C11H19N3. The van der Waals surface area contributed by atoms with Gasteiger partial charge in [-0.25, -0.2) is 0 Å². The molecule has 1 atom stereocenters. The molecule has 1 saturated heterocycles. The van der Waals surface area contributed by atoms with E-state index in [1.54, 1.807) is 0 Å². The second-order valence-electron chi connectivity index (χ2n) is 4.53. The van der Waals surface area contributed by atoms with E-state index in [1.807, 2.05) is 17.9 Å². The predicted molar refractivity (Wildman–Crippen MR) is 57.0 cm³/mol. The summed E-state index contributed by atoms with van der Waals surface area (Å²) in [6.45, 7) is 5.66. The number of hydrogen-bond acceptors (Lipinski definition) is 2. The fraction of sp³-hybridized carbons (Fsp3) is 0.727. The van der Waals surface area contributed by atoms with Crippen molar-refractivity contribution in [3.63, 3.8) is 0 Å². The van der Waals surface area contributed by atoms with Crippen LogP contribution in [0.2, 0.25) is 0 Å². The molecule has 0 spiro atoms. The third kappa shape index (κ3) is 1.36. The monoisotopic (exact) mass is 193 g/mol. The van der Waals surface area contributed by atoms with Crippen molar-refractivity contribution in [2.75, 3.05) is 6.54 Å². The molecule has 1 N–H and O–H groups in total. The van der Waals surface area contributed by atoms with Gasteiger partial charge < -0.3 is 5.32 Å². The number of rotatable bonds is 2. The Morgan fingerprint density at radius 1 is 1.57 bits per heavy atom. The van der Waals surface area contributed by atoms with Crippen molar-refractivity contribution >= 4 is 0 Å². The third-order valence-electron chi connectivity index (χ3n) is 3.34. The Labute approximate surface area is 85.5 Å². The number of aryl methyl sites for hydroxylation is 1. The highest BCUT2D eigenvalue weighted by Crippen LogP contribution is 2.36. The van der Waals surface area contributed by atoms with Crippen LogP contribution in [0.1, 0.15) is 32.4 Å². The summed E-state index contributed by atoms with van der Waals surface area (Å²) in [5.41, 5.74) is 1.33. The third-order valence-corrected chi connectivity index (χ3v) is 3.34. The van der Waals surface area contributed by atoms with Crippen molar-refractivity contribution in [1.29, 1.82) is 0 Å². The smallest absolute Gasteiger partial charge is 0.0827 e. The number of nitrogens with zero attached hydrogens (tertiary/aromatic N) is 2. The van der Waals surface area contributed by atoms with E-state index in [2.05, 4.69) is 30.3 Å². The number of aromatic nitrogens is 2. The average molecular weight is 193 g/mol. The zero-order chi connectivity index (χ0) is 10.2. The summed E-state index contributed by atoms with van der Waals surface area (Å²) in [5.74, 6) is 0.597. The quantitative estimate of drug-likeness (QED) is 0.774.